The lowest BCUT2D eigenvalue weighted by molar-refractivity contribution is 0.201. The van der Waals surface area contributed by atoms with Gasteiger partial charge in [-0.15, -0.1) is 11.8 Å². The standard InChI is InChI=1S/C23H20N6O2S/c24-11-18-21(20-5-4-17(14-27-20)31-10-9-30)19(12-25)23(28-22(18)29-7-2-8-29)32-15-16-3-1-6-26-13-16/h1,3-6,13-14,30H,2,7-10,15H2. The summed E-state index contributed by atoms with van der Waals surface area (Å²) in [6.45, 7) is 1.71. The van der Waals surface area contributed by atoms with E-state index >= 15 is 0 Å². The molecule has 0 bridgehead atoms. The Bertz CT molecular complexity index is 1170. The highest BCUT2D eigenvalue weighted by molar-refractivity contribution is 7.98. The molecule has 0 saturated carbocycles. The van der Waals surface area contributed by atoms with Crippen molar-refractivity contribution in [2.75, 3.05) is 31.2 Å². The van der Waals surface area contributed by atoms with E-state index in [4.69, 9.17) is 14.8 Å². The second-order valence-corrected chi connectivity index (χ2v) is 7.99. The molecule has 0 aliphatic carbocycles. The van der Waals surface area contributed by atoms with E-state index in [0.717, 1.165) is 25.1 Å². The number of anilines is 1. The molecule has 1 N–H and O–H groups in total. The lowest BCUT2D eigenvalue weighted by Gasteiger charge is -2.33. The molecule has 8 nitrogen and oxygen atoms in total. The van der Waals surface area contributed by atoms with Crippen LogP contribution in [0.5, 0.6) is 5.75 Å². The third-order valence-electron chi connectivity index (χ3n) is 4.97. The fourth-order valence-electron chi connectivity index (χ4n) is 3.29. The van der Waals surface area contributed by atoms with Crippen molar-refractivity contribution in [1.29, 1.82) is 10.5 Å². The van der Waals surface area contributed by atoms with Gasteiger partial charge in [-0.2, -0.15) is 10.5 Å². The topological polar surface area (TPSA) is 119 Å². The number of aliphatic hydroxyl groups excluding tert-OH is 1. The predicted octanol–water partition coefficient (Wildman–Crippen LogP) is 3.16. The van der Waals surface area contributed by atoms with Gasteiger partial charge in [0.15, 0.2) is 0 Å². The van der Waals surface area contributed by atoms with E-state index in [0.29, 0.717) is 44.7 Å². The number of rotatable bonds is 8. The third-order valence-corrected chi connectivity index (χ3v) is 6.02. The summed E-state index contributed by atoms with van der Waals surface area (Å²) in [5, 5.41) is 29.5. The molecule has 0 atom stereocenters. The monoisotopic (exact) mass is 444 g/mol. The lowest BCUT2D eigenvalue weighted by Crippen LogP contribution is -2.38. The number of nitriles is 2. The van der Waals surface area contributed by atoms with Crippen molar-refractivity contribution >= 4 is 17.6 Å². The molecule has 0 aromatic carbocycles. The van der Waals surface area contributed by atoms with Crippen molar-refractivity contribution in [2.45, 2.75) is 17.2 Å². The number of hydrogen-bond acceptors (Lipinski definition) is 9. The van der Waals surface area contributed by atoms with Gasteiger partial charge in [-0.05, 0) is 30.2 Å². The molecular weight excluding hydrogens is 424 g/mol. The summed E-state index contributed by atoms with van der Waals surface area (Å²) in [6, 6.07) is 11.8. The highest BCUT2D eigenvalue weighted by atomic mass is 32.2. The number of ether oxygens (including phenoxy) is 1. The number of hydrogen-bond donors (Lipinski definition) is 1. The Balaban J connectivity index is 1.79. The van der Waals surface area contributed by atoms with Gasteiger partial charge in [0.1, 0.15) is 40.9 Å². The van der Waals surface area contributed by atoms with Crippen molar-refractivity contribution < 1.29 is 9.84 Å². The van der Waals surface area contributed by atoms with Gasteiger partial charge in [0.25, 0.3) is 0 Å². The number of aliphatic hydroxyl groups is 1. The van der Waals surface area contributed by atoms with Gasteiger partial charge in [-0.3, -0.25) is 9.97 Å². The molecule has 4 heterocycles. The van der Waals surface area contributed by atoms with Crippen LogP contribution in [-0.2, 0) is 5.75 Å². The first-order chi connectivity index (χ1) is 15.7. The van der Waals surface area contributed by atoms with Crippen LogP contribution in [-0.4, -0.2) is 46.4 Å². The van der Waals surface area contributed by atoms with E-state index in [1.807, 2.05) is 12.1 Å². The molecule has 1 fully saturated rings. The molecular formula is C23H20N6O2S. The Hall–Kier alpha value is -3.66. The van der Waals surface area contributed by atoms with Gasteiger partial charge >= 0.3 is 0 Å². The van der Waals surface area contributed by atoms with Crippen molar-refractivity contribution in [3.05, 3.63) is 59.5 Å². The molecule has 0 spiro atoms. The molecule has 9 heteroatoms. The van der Waals surface area contributed by atoms with E-state index in [-0.39, 0.29) is 13.2 Å². The minimum atomic E-state index is -0.0972. The average Bonchev–Trinajstić information content (AvgIpc) is 2.80. The Morgan fingerprint density at radius 1 is 1.12 bits per heavy atom. The molecule has 3 aromatic heterocycles. The summed E-state index contributed by atoms with van der Waals surface area (Å²) in [4.78, 5) is 15.4. The molecule has 1 saturated heterocycles. The average molecular weight is 445 g/mol. The molecule has 0 unspecified atom stereocenters. The Morgan fingerprint density at radius 3 is 2.56 bits per heavy atom. The molecule has 1 aliphatic heterocycles. The lowest BCUT2D eigenvalue weighted by atomic mass is 9.99. The zero-order valence-electron chi connectivity index (χ0n) is 17.2. The summed E-state index contributed by atoms with van der Waals surface area (Å²) in [7, 11) is 0. The summed E-state index contributed by atoms with van der Waals surface area (Å²) in [5.74, 6) is 1.69. The first-order valence-corrected chi connectivity index (χ1v) is 11.1. The van der Waals surface area contributed by atoms with Crippen LogP contribution >= 0.6 is 11.8 Å². The number of aromatic nitrogens is 3. The molecule has 0 radical (unpaired) electrons. The largest absolute Gasteiger partial charge is 0.490 e. The van der Waals surface area contributed by atoms with Crippen LogP contribution in [0.3, 0.4) is 0 Å². The second-order valence-electron chi connectivity index (χ2n) is 7.03. The summed E-state index contributed by atoms with van der Waals surface area (Å²) in [5.41, 5.74) is 2.68. The first kappa shape index (κ1) is 21.6. The second kappa shape index (κ2) is 10.1. The van der Waals surface area contributed by atoms with Crippen molar-refractivity contribution in [1.82, 2.24) is 15.0 Å². The van der Waals surface area contributed by atoms with Gasteiger partial charge in [0.05, 0.1) is 24.1 Å². The van der Waals surface area contributed by atoms with Crippen molar-refractivity contribution in [2.24, 2.45) is 0 Å². The summed E-state index contributed by atoms with van der Waals surface area (Å²) < 4.78 is 5.39. The van der Waals surface area contributed by atoms with Crippen LogP contribution in [0.25, 0.3) is 11.3 Å². The Morgan fingerprint density at radius 2 is 1.97 bits per heavy atom. The minimum absolute atomic E-state index is 0.0972. The summed E-state index contributed by atoms with van der Waals surface area (Å²) >= 11 is 1.44. The molecule has 4 rings (SSSR count). The maximum absolute atomic E-state index is 10.0. The minimum Gasteiger partial charge on any atom is -0.490 e. The molecule has 160 valence electrons. The van der Waals surface area contributed by atoms with E-state index in [1.165, 1.54) is 18.0 Å². The SMILES string of the molecule is N#Cc1c(SCc2cccnc2)nc(N2CCC2)c(C#N)c1-c1ccc(OCCO)cn1. The smallest absolute Gasteiger partial charge is 0.148 e. The summed E-state index contributed by atoms with van der Waals surface area (Å²) in [6.07, 6.45) is 6.07. The molecule has 1 aliphatic rings. The maximum Gasteiger partial charge on any atom is 0.148 e. The zero-order valence-corrected chi connectivity index (χ0v) is 18.0. The van der Waals surface area contributed by atoms with Crippen molar-refractivity contribution in [3.63, 3.8) is 0 Å². The van der Waals surface area contributed by atoms with E-state index < -0.39 is 0 Å². The number of nitrogens with zero attached hydrogens (tertiary/aromatic N) is 6. The third kappa shape index (κ3) is 4.50. The van der Waals surface area contributed by atoms with Gasteiger partial charge in [-0.1, -0.05) is 6.07 Å². The van der Waals surface area contributed by atoms with Gasteiger partial charge in [0.2, 0.25) is 0 Å². The fraction of sp³-hybridized carbons (Fsp3) is 0.261. The van der Waals surface area contributed by atoms with Crippen LogP contribution < -0.4 is 9.64 Å². The Labute approximate surface area is 190 Å². The number of thioether (sulfide) groups is 1. The van der Waals surface area contributed by atoms with Gasteiger partial charge < -0.3 is 14.7 Å². The normalized spacial score (nSPS) is 12.5. The van der Waals surface area contributed by atoms with Crippen molar-refractivity contribution in [3.8, 4) is 29.1 Å². The van der Waals surface area contributed by atoms with Gasteiger partial charge in [0, 0.05) is 36.8 Å². The van der Waals surface area contributed by atoms with Crippen LogP contribution in [0.15, 0.2) is 47.9 Å². The van der Waals surface area contributed by atoms with E-state index in [9.17, 15) is 10.5 Å². The Kier molecular flexibility index (Phi) is 6.81. The van der Waals surface area contributed by atoms with Crippen LogP contribution in [0.1, 0.15) is 23.1 Å². The molecule has 32 heavy (non-hydrogen) atoms. The number of pyridine rings is 3. The van der Waals surface area contributed by atoms with Gasteiger partial charge in [-0.25, -0.2) is 4.98 Å². The first-order valence-electron chi connectivity index (χ1n) is 10.1. The van der Waals surface area contributed by atoms with E-state index in [1.54, 1.807) is 24.5 Å². The van der Waals surface area contributed by atoms with E-state index in [2.05, 4.69) is 27.0 Å². The van der Waals surface area contributed by atoms with Crippen LogP contribution in [0.4, 0.5) is 5.82 Å². The predicted molar refractivity (Wildman–Crippen MR) is 120 cm³/mol. The molecule has 3 aromatic rings. The maximum atomic E-state index is 10.0. The zero-order chi connectivity index (χ0) is 22.3. The highest BCUT2D eigenvalue weighted by Crippen LogP contribution is 2.39. The molecule has 0 amide bonds. The van der Waals surface area contributed by atoms with Crippen LogP contribution in [0, 0.1) is 22.7 Å². The highest BCUT2D eigenvalue weighted by Gasteiger charge is 2.27. The quantitative estimate of drug-likeness (QED) is 0.522. The van der Waals surface area contributed by atoms with Crippen LogP contribution in [0.2, 0.25) is 0 Å². The fourth-order valence-corrected chi connectivity index (χ4v) is 4.21.